The van der Waals surface area contributed by atoms with Crippen LogP contribution in [-0.2, 0) is 9.59 Å². The number of rotatable bonds is 4. The highest BCUT2D eigenvalue weighted by molar-refractivity contribution is 9.10. The van der Waals surface area contributed by atoms with Crippen LogP contribution in [0, 0.1) is 5.92 Å². The lowest BCUT2D eigenvalue weighted by Crippen LogP contribution is -2.47. The number of carbonyl (C=O) groups excluding carboxylic acids is 2. The summed E-state index contributed by atoms with van der Waals surface area (Å²) in [5, 5.41) is 3.28. The monoisotopic (exact) mass is 324 g/mol. The summed E-state index contributed by atoms with van der Waals surface area (Å²) < 4.78 is 0.957. The molecule has 0 bridgehead atoms. The van der Waals surface area contributed by atoms with Gasteiger partial charge in [0.25, 0.3) is 0 Å². The summed E-state index contributed by atoms with van der Waals surface area (Å²) in [5.41, 5.74) is 0.889. The molecular formula is C14H17BrN2O2. The van der Waals surface area contributed by atoms with Crippen LogP contribution in [0.5, 0.6) is 0 Å². The van der Waals surface area contributed by atoms with Crippen LogP contribution in [0.4, 0.5) is 5.69 Å². The average molecular weight is 325 g/mol. The second-order valence-electron chi connectivity index (χ2n) is 5.00. The first-order chi connectivity index (χ1) is 8.99. The highest BCUT2D eigenvalue weighted by Crippen LogP contribution is 2.23. The van der Waals surface area contributed by atoms with Crippen molar-refractivity contribution < 1.29 is 9.59 Å². The lowest BCUT2D eigenvalue weighted by Gasteiger charge is -2.31. The van der Waals surface area contributed by atoms with Crippen molar-refractivity contribution in [2.75, 3.05) is 5.32 Å². The molecule has 1 aliphatic heterocycles. The maximum Gasteiger partial charge on any atom is 0.231 e. The zero-order chi connectivity index (χ0) is 14.0. The van der Waals surface area contributed by atoms with Crippen LogP contribution >= 0.6 is 15.9 Å². The van der Waals surface area contributed by atoms with E-state index in [9.17, 15) is 9.59 Å². The van der Waals surface area contributed by atoms with Crippen LogP contribution in [0.2, 0.25) is 0 Å². The molecule has 102 valence electrons. The molecule has 1 heterocycles. The van der Waals surface area contributed by atoms with Gasteiger partial charge in [0.1, 0.15) is 6.17 Å². The quantitative estimate of drug-likeness (QED) is 0.866. The summed E-state index contributed by atoms with van der Waals surface area (Å²) in [6, 6.07) is 7.70. The lowest BCUT2D eigenvalue weighted by molar-refractivity contribution is -0.141. The zero-order valence-corrected chi connectivity index (χ0v) is 12.6. The second-order valence-corrected chi connectivity index (χ2v) is 5.92. The molecule has 5 heteroatoms. The van der Waals surface area contributed by atoms with E-state index >= 15 is 0 Å². The summed E-state index contributed by atoms with van der Waals surface area (Å²) in [7, 11) is 0. The first-order valence-electron chi connectivity index (χ1n) is 6.36. The van der Waals surface area contributed by atoms with Crippen molar-refractivity contribution in [2.45, 2.75) is 32.9 Å². The molecule has 1 aromatic rings. The highest BCUT2D eigenvalue weighted by atomic mass is 79.9. The largest absolute Gasteiger partial charge is 0.364 e. The van der Waals surface area contributed by atoms with Crippen LogP contribution in [0.3, 0.4) is 0 Å². The number of hydrogen-bond donors (Lipinski definition) is 1. The zero-order valence-electron chi connectivity index (χ0n) is 11.0. The van der Waals surface area contributed by atoms with E-state index in [1.54, 1.807) is 0 Å². The number of nitrogens with one attached hydrogen (secondary N) is 1. The summed E-state index contributed by atoms with van der Waals surface area (Å²) >= 11 is 3.41. The number of halogens is 1. The maximum absolute atomic E-state index is 11.8. The SMILES string of the molecule is CC(C)C(Nc1cccc(Br)c1)N1C(=O)CCC1=O. The molecule has 1 atom stereocenters. The van der Waals surface area contributed by atoms with E-state index in [1.165, 1.54) is 4.90 Å². The molecule has 19 heavy (non-hydrogen) atoms. The van der Waals surface area contributed by atoms with Gasteiger partial charge in [-0.15, -0.1) is 0 Å². The normalized spacial score (nSPS) is 17.2. The minimum atomic E-state index is -0.295. The van der Waals surface area contributed by atoms with Gasteiger partial charge in [-0.3, -0.25) is 14.5 Å². The smallest absolute Gasteiger partial charge is 0.231 e. The number of benzene rings is 1. The Morgan fingerprint density at radius 3 is 2.37 bits per heavy atom. The fourth-order valence-electron chi connectivity index (χ4n) is 2.18. The Bertz CT molecular complexity index is 486. The third-order valence-electron chi connectivity index (χ3n) is 3.14. The summed E-state index contributed by atoms with van der Waals surface area (Å²) in [4.78, 5) is 25.1. The van der Waals surface area contributed by atoms with Crippen molar-refractivity contribution in [1.29, 1.82) is 0 Å². The van der Waals surface area contributed by atoms with Crippen LogP contribution in [-0.4, -0.2) is 22.9 Å². The number of nitrogens with zero attached hydrogens (tertiary/aromatic N) is 1. The Kier molecular flexibility index (Phi) is 4.24. The van der Waals surface area contributed by atoms with Gasteiger partial charge in [-0.05, 0) is 24.1 Å². The van der Waals surface area contributed by atoms with E-state index in [2.05, 4.69) is 21.2 Å². The fourth-order valence-corrected chi connectivity index (χ4v) is 2.58. The Labute approximate surface area is 121 Å². The molecule has 1 fully saturated rings. The van der Waals surface area contributed by atoms with E-state index < -0.39 is 0 Å². The van der Waals surface area contributed by atoms with Crippen molar-refractivity contribution in [3.8, 4) is 0 Å². The van der Waals surface area contributed by atoms with Crippen LogP contribution in [0.1, 0.15) is 26.7 Å². The van der Waals surface area contributed by atoms with E-state index in [-0.39, 0.29) is 23.9 Å². The third kappa shape index (κ3) is 3.15. The Morgan fingerprint density at radius 1 is 1.21 bits per heavy atom. The number of amides is 2. The van der Waals surface area contributed by atoms with Crippen LogP contribution in [0.25, 0.3) is 0 Å². The van der Waals surface area contributed by atoms with Crippen molar-refractivity contribution in [3.63, 3.8) is 0 Å². The van der Waals surface area contributed by atoms with E-state index in [0.29, 0.717) is 12.8 Å². The molecule has 2 rings (SSSR count). The molecule has 0 aromatic heterocycles. The van der Waals surface area contributed by atoms with Gasteiger partial charge >= 0.3 is 0 Å². The predicted molar refractivity (Wildman–Crippen MR) is 77.5 cm³/mol. The van der Waals surface area contributed by atoms with Crippen molar-refractivity contribution >= 4 is 33.4 Å². The molecule has 1 aromatic carbocycles. The first-order valence-corrected chi connectivity index (χ1v) is 7.15. The molecule has 0 saturated carbocycles. The molecule has 1 saturated heterocycles. The Morgan fingerprint density at radius 2 is 1.84 bits per heavy atom. The topological polar surface area (TPSA) is 49.4 Å². The molecule has 1 N–H and O–H groups in total. The van der Waals surface area contributed by atoms with Crippen LogP contribution in [0.15, 0.2) is 28.7 Å². The number of hydrogen-bond acceptors (Lipinski definition) is 3. The molecule has 2 amide bonds. The van der Waals surface area contributed by atoms with E-state index in [0.717, 1.165) is 10.2 Å². The van der Waals surface area contributed by atoms with Crippen molar-refractivity contribution in [2.24, 2.45) is 5.92 Å². The molecule has 0 radical (unpaired) electrons. The lowest BCUT2D eigenvalue weighted by atomic mass is 10.1. The summed E-state index contributed by atoms with van der Waals surface area (Å²) in [6.45, 7) is 3.99. The fraction of sp³-hybridized carbons (Fsp3) is 0.429. The van der Waals surface area contributed by atoms with Crippen LogP contribution < -0.4 is 5.32 Å². The maximum atomic E-state index is 11.8. The second kappa shape index (κ2) is 5.74. The molecule has 1 aliphatic rings. The minimum Gasteiger partial charge on any atom is -0.364 e. The molecule has 0 spiro atoms. The number of imide groups is 1. The predicted octanol–water partition coefficient (Wildman–Crippen LogP) is 2.99. The Hall–Kier alpha value is -1.36. The average Bonchev–Trinajstić information content (AvgIpc) is 2.66. The van der Waals surface area contributed by atoms with Gasteiger partial charge in [-0.1, -0.05) is 35.8 Å². The highest BCUT2D eigenvalue weighted by Gasteiger charge is 2.36. The van der Waals surface area contributed by atoms with Gasteiger partial charge in [-0.25, -0.2) is 0 Å². The third-order valence-corrected chi connectivity index (χ3v) is 3.63. The molecule has 1 unspecified atom stereocenters. The van der Waals surface area contributed by atoms with Gasteiger partial charge < -0.3 is 5.32 Å². The van der Waals surface area contributed by atoms with E-state index in [4.69, 9.17) is 0 Å². The van der Waals surface area contributed by atoms with Crippen molar-refractivity contribution in [1.82, 2.24) is 4.90 Å². The van der Waals surface area contributed by atoms with Crippen molar-refractivity contribution in [3.05, 3.63) is 28.7 Å². The van der Waals surface area contributed by atoms with Gasteiger partial charge in [-0.2, -0.15) is 0 Å². The first kappa shape index (κ1) is 14.1. The Balaban J connectivity index is 2.21. The van der Waals surface area contributed by atoms with E-state index in [1.807, 2.05) is 38.1 Å². The molecule has 4 nitrogen and oxygen atoms in total. The van der Waals surface area contributed by atoms with Gasteiger partial charge in [0.05, 0.1) is 0 Å². The number of likely N-dealkylation sites (tertiary alicyclic amines) is 1. The number of carbonyl (C=O) groups is 2. The van der Waals surface area contributed by atoms with Gasteiger partial charge in [0.2, 0.25) is 11.8 Å². The summed E-state index contributed by atoms with van der Waals surface area (Å²) in [5.74, 6) is -0.0395. The standard InChI is InChI=1S/C14H17BrN2O2/c1-9(2)14(17-12(18)6-7-13(17)19)16-11-5-3-4-10(15)8-11/h3-5,8-9,14,16H,6-7H2,1-2H3. The summed E-state index contributed by atoms with van der Waals surface area (Å²) in [6.07, 6.45) is 0.349. The molecule has 0 aliphatic carbocycles. The minimum absolute atomic E-state index is 0.0915. The van der Waals surface area contributed by atoms with Gasteiger partial charge in [0, 0.05) is 23.0 Å². The van der Waals surface area contributed by atoms with Gasteiger partial charge in [0.15, 0.2) is 0 Å². The number of anilines is 1. The molecular weight excluding hydrogens is 308 g/mol.